The fraction of sp³-hybridized carbons (Fsp3) is 0.836. The van der Waals surface area contributed by atoms with E-state index in [0.29, 0.717) is 45.3 Å². The molecule has 1 saturated carbocycles. The average Bonchev–Trinajstić information content (AvgIpc) is 1.36. The molecule has 12 amide bonds. The van der Waals surface area contributed by atoms with Gasteiger partial charge in [0.15, 0.2) is 0 Å². The maximum absolute atomic E-state index is 15.2. The predicted octanol–water partition coefficient (Wildman–Crippen LogP) is 3.27. The maximum Gasteiger partial charge on any atom is 0.407 e. The van der Waals surface area contributed by atoms with Gasteiger partial charge < -0.3 is 80.6 Å². The van der Waals surface area contributed by atoms with Gasteiger partial charge in [-0.25, -0.2) is 4.79 Å². The summed E-state index contributed by atoms with van der Waals surface area (Å²) in [4.78, 5) is 185. The van der Waals surface area contributed by atoms with Gasteiger partial charge in [0, 0.05) is 68.0 Å². The Morgan fingerprint density at radius 1 is 0.510 bits per heavy atom. The van der Waals surface area contributed by atoms with Gasteiger partial charge in [-0.15, -0.1) is 0 Å². The highest BCUT2D eigenvalue weighted by atomic mass is 16.5. The second-order valence-electron chi connectivity index (χ2n) is 30.7. The number of rotatable bonds is 25. The number of likely N-dealkylation sites (N-methyl/N-ethyl adjacent to an activating group) is 6. The number of hydrogen-bond donors (Lipinski definition) is 7. The number of nitrogens with zero attached hydrogens (tertiary/aromatic N) is 7. The summed E-state index contributed by atoms with van der Waals surface area (Å²) in [7, 11) is 8.48. The Hall–Kier alpha value is -6.72. The summed E-state index contributed by atoms with van der Waals surface area (Å²) in [5.74, 6) is -10.5. The number of morpholine rings is 1. The summed E-state index contributed by atoms with van der Waals surface area (Å²) < 4.78 is 17.2. The van der Waals surface area contributed by atoms with E-state index < -0.39 is 167 Å². The zero-order valence-electron chi connectivity index (χ0n) is 65.7. The molecule has 0 bridgehead atoms. The molecule has 584 valence electrons. The lowest BCUT2D eigenvalue weighted by Gasteiger charge is -2.40. The van der Waals surface area contributed by atoms with Gasteiger partial charge in [-0.2, -0.15) is 0 Å². The molecule has 29 nitrogen and oxygen atoms in total. The molecule has 0 aromatic carbocycles. The van der Waals surface area contributed by atoms with Crippen molar-refractivity contribution < 1.29 is 76.9 Å². The molecule has 2 aliphatic heterocycles. The summed E-state index contributed by atoms with van der Waals surface area (Å²) in [5, 5.41) is 28.9. The third kappa shape index (κ3) is 27.1. The van der Waals surface area contributed by atoms with Crippen LogP contribution in [0, 0.1) is 35.5 Å². The first-order valence-electron chi connectivity index (χ1n) is 37.3. The minimum Gasteiger partial charge on any atom is -0.450 e. The van der Waals surface area contributed by atoms with E-state index in [4.69, 9.17) is 14.2 Å². The Morgan fingerprint density at radius 2 is 1.01 bits per heavy atom. The molecular formula is C73H131N13O16. The van der Waals surface area contributed by atoms with Crippen LogP contribution in [0.3, 0.4) is 0 Å². The van der Waals surface area contributed by atoms with Crippen LogP contribution in [-0.4, -0.2) is 284 Å². The second-order valence-corrected chi connectivity index (χ2v) is 30.7. The summed E-state index contributed by atoms with van der Waals surface area (Å²) in [6.45, 7) is 31.3. The van der Waals surface area contributed by atoms with E-state index in [-0.39, 0.29) is 62.7 Å². The van der Waals surface area contributed by atoms with Gasteiger partial charge in [-0.1, -0.05) is 95.9 Å². The number of amides is 12. The molecule has 14 atom stereocenters. The minimum atomic E-state index is -1.74. The summed E-state index contributed by atoms with van der Waals surface area (Å²) in [6, 6.07) is -14.4. The monoisotopic (exact) mass is 1450 g/mol. The van der Waals surface area contributed by atoms with E-state index in [0.717, 1.165) is 48.7 Å². The van der Waals surface area contributed by atoms with E-state index >= 15 is 28.8 Å². The van der Waals surface area contributed by atoms with E-state index in [1.54, 1.807) is 48.5 Å². The van der Waals surface area contributed by atoms with Crippen LogP contribution < -0.4 is 31.9 Å². The van der Waals surface area contributed by atoms with Gasteiger partial charge >= 0.3 is 6.09 Å². The molecule has 0 unspecified atom stereocenters. The average molecular weight is 1450 g/mol. The Kier molecular flexibility index (Phi) is 37.6. The number of nitrogens with one attached hydrogen (secondary N) is 6. The smallest absolute Gasteiger partial charge is 0.407 e. The van der Waals surface area contributed by atoms with Crippen LogP contribution in [0.15, 0.2) is 0 Å². The maximum atomic E-state index is 15.2. The van der Waals surface area contributed by atoms with Crippen LogP contribution in [0.5, 0.6) is 0 Å². The van der Waals surface area contributed by atoms with Crippen molar-refractivity contribution in [2.45, 2.75) is 273 Å². The fourth-order valence-electron chi connectivity index (χ4n) is 13.0. The first kappa shape index (κ1) is 89.5. The SMILES string of the molecule is CC[C@@H]1NC(=O)[C@H]([C@H](O)[C@H](C)CCCCCOC(=O)NC2CC2)NC(=O)[C@H](C(C)C)N(C)C(=O)[C@H](CC(C)C)N(C)C(=O)[C@H](CC(C)C)N(C)C(=O)[C@@H](C)NC(=O)[C@H](C)NC(=O)[C@H](CC(C)C)N(C)C(=O)[C@H](C(C)C)NC(=O)[C@H]([C@@H](C)OCCCCN2CCOCC2)N(C)C(=O)[C@@H](C)N(C)C1=O. The van der Waals surface area contributed by atoms with Crippen molar-refractivity contribution in [3.63, 3.8) is 0 Å². The second kappa shape index (κ2) is 42.9. The normalized spacial score (nSPS) is 26.9. The number of aliphatic hydroxyl groups is 1. The summed E-state index contributed by atoms with van der Waals surface area (Å²) >= 11 is 0. The molecule has 0 spiro atoms. The Bertz CT molecular complexity index is 2760. The van der Waals surface area contributed by atoms with Crippen LogP contribution in [0.4, 0.5) is 4.79 Å². The molecule has 1 aliphatic carbocycles. The van der Waals surface area contributed by atoms with Crippen molar-refractivity contribution in [1.29, 1.82) is 0 Å². The van der Waals surface area contributed by atoms with Gasteiger partial charge in [0.05, 0.1) is 32.0 Å². The highest BCUT2D eigenvalue weighted by Gasteiger charge is 2.45. The molecule has 102 heavy (non-hydrogen) atoms. The topological polar surface area (TPSA) is 348 Å². The molecule has 0 aromatic heterocycles. The quantitative estimate of drug-likeness (QED) is 0.0645. The predicted molar refractivity (Wildman–Crippen MR) is 387 cm³/mol. The zero-order valence-corrected chi connectivity index (χ0v) is 65.7. The molecule has 2 saturated heterocycles. The third-order valence-corrected chi connectivity index (χ3v) is 19.9. The van der Waals surface area contributed by atoms with Gasteiger partial charge in [0.1, 0.15) is 66.5 Å². The Morgan fingerprint density at radius 3 is 1.55 bits per heavy atom. The first-order chi connectivity index (χ1) is 47.7. The molecule has 29 heteroatoms. The van der Waals surface area contributed by atoms with Gasteiger partial charge in [0.25, 0.3) is 0 Å². The number of hydrogen-bond acceptors (Lipinski definition) is 17. The number of ether oxygens (including phenoxy) is 3. The molecule has 3 rings (SSSR count). The lowest BCUT2D eigenvalue weighted by atomic mass is 9.91. The van der Waals surface area contributed by atoms with Crippen LogP contribution in [0.2, 0.25) is 0 Å². The van der Waals surface area contributed by atoms with Gasteiger partial charge in [-0.3, -0.25) is 57.6 Å². The van der Waals surface area contributed by atoms with Crippen LogP contribution >= 0.6 is 0 Å². The van der Waals surface area contributed by atoms with Crippen LogP contribution in [0.1, 0.15) is 188 Å². The van der Waals surface area contributed by atoms with E-state index in [9.17, 15) is 33.9 Å². The van der Waals surface area contributed by atoms with Gasteiger partial charge in [-0.05, 0) is 134 Å². The van der Waals surface area contributed by atoms with E-state index in [2.05, 4.69) is 36.8 Å². The van der Waals surface area contributed by atoms with E-state index in [1.165, 1.54) is 82.7 Å². The number of unbranched alkanes of at least 4 members (excludes halogenated alkanes) is 3. The lowest BCUT2D eigenvalue weighted by Crippen LogP contribution is -2.64. The van der Waals surface area contributed by atoms with E-state index in [1.807, 2.05) is 41.5 Å². The highest BCUT2D eigenvalue weighted by Crippen LogP contribution is 2.25. The molecule has 0 aromatic rings. The lowest BCUT2D eigenvalue weighted by molar-refractivity contribution is -0.154. The molecule has 3 aliphatic rings. The fourth-order valence-corrected chi connectivity index (χ4v) is 13.0. The molecule has 2 heterocycles. The summed E-state index contributed by atoms with van der Waals surface area (Å²) in [5.41, 5.74) is 0. The Labute approximate surface area is 608 Å². The summed E-state index contributed by atoms with van der Waals surface area (Å²) in [6.07, 6.45) is 2.40. The zero-order chi connectivity index (χ0) is 77.3. The molecular weight excluding hydrogens is 1310 g/mol. The van der Waals surface area contributed by atoms with Crippen LogP contribution in [-0.2, 0) is 67.0 Å². The standard InChI is InChI=1S/C73H131N13O16/c1-23-53-69(95)80(17)50(15)68(94)85(22)60(51(16)101-35-28-26-32-86-33-37-100-38-34-86)66(92)78-57(45(8)9)72(98)81(18)54(39-42(2)3)63(89)74-48(13)62(88)75-49(14)67(93)82(19)55(40-43(4)5)70(96)83(20)56(41-44(6)7)71(97)84(21)59(46(10)11)65(91)79-58(64(90)77-53)61(87)47(12)29-25-24-27-36-102-73(99)76-52-30-31-52/h42-61,87H,23-41H2,1-22H3,(H,74,89)(H,75,88)(H,76,99)(H,77,90)(H,78,92)(H,79,91)/t47-,48+,49-,50-,51-,53+,54+,55+,56+,57+,58+,59+,60+,61-/m1/s1. The molecule has 3 fully saturated rings. The van der Waals surface area contributed by atoms with Crippen molar-refractivity contribution in [3.05, 3.63) is 0 Å². The number of alkyl carbamates (subject to hydrolysis) is 1. The number of aliphatic hydroxyl groups excluding tert-OH is 1. The minimum absolute atomic E-state index is 0.0384. The highest BCUT2D eigenvalue weighted by molar-refractivity contribution is 6.00. The Balaban J connectivity index is 2.26. The molecule has 7 N–H and O–H groups in total. The number of carbonyl (C=O) groups excluding carboxylic acids is 12. The number of carbonyl (C=O) groups is 12. The van der Waals surface area contributed by atoms with Crippen LogP contribution in [0.25, 0.3) is 0 Å². The van der Waals surface area contributed by atoms with Crippen molar-refractivity contribution >= 4 is 71.1 Å². The first-order valence-corrected chi connectivity index (χ1v) is 37.3. The van der Waals surface area contributed by atoms with Gasteiger partial charge in [0.2, 0.25) is 65.0 Å². The largest absolute Gasteiger partial charge is 0.450 e. The third-order valence-electron chi connectivity index (χ3n) is 19.9. The van der Waals surface area contributed by atoms with Crippen molar-refractivity contribution in [2.24, 2.45) is 35.5 Å². The molecule has 0 radical (unpaired) electrons. The van der Waals surface area contributed by atoms with Crippen molar-refractivity contribution in [3.8, 4) is 0 Å². The van der Waals surface area contributed by atoms with Crippen molar-refractivity contribution in [1.82, 2.24) is 66.2 Å². The van der Waals surface area contributed by atoms with Crippen molar-refractivity contribution in [2.75, 3.05) is 88.3 Å².